The highest BCUT2D eigenvalue weighted by Crippen LogP contribution is 2.06. The minimum Gasteiger partial charge on any atom is -0.368 e. The number of hydrogen-bond donors (Lipinski definition) is 2. The number of hydrogen-bond acceptors (Lipinski definition) is 3. The average molecular weight is 221 g/mol. The number of aromatic nitrogens is 1. The Balaban J connectivity index is 2.77. The number of nitrogens with one attached hydrogen (secondary N) is 2. The van der Waals surface area contributed by atoms with Gasteiger partial charge in [-0.1, -0.05) is 6.07 Å². The second-order valence-corrected chi connectivity index (χ2v) is 4.34. The van der Waals surface area contributed by atoms with E-state index in [0.29, 0.717) is 11.7 Å². The first-order chi connectivity index (χ1) is 7.49. The van der Waals surface area contributed by atoms with Crippen molar-refractivity contribution in [2.45, 2.75) is 39.8 Å². The van der Waals surface area contributed by atoms with Gasteiger partial charge in [-0.3, -0.25) is 4.79 Å². The summed E-state index contributed by atoms with van der Waals surface area (Å²) in [5, 5.41) is 5.97. The summed E-state index contributed by atoms with van der Waals surface area (Å²) in [5.41, 5.74) is 0.444. The number of nitrogens with zero attached hydrogens (tertiary/aromatic N) is 1. The van der Waals surface area contributed by atoms with Gasteiger partial charge >= 0.3 is 0 Å². The molecule has 1 heterocycles. The fourth-order valence-electron chi connectivity index (χ4n) is 1.27. The molecule has 1 aromatic heterocycles. The molecule has 4 heteroatoms. The molecule has 0 aliphatic heterocycles. The molecule has 88 valence electrons. The van der Waals surface area contributed by atoms with E-state index in [1.165, 1.54) is 0 Å². The standard InChI is InChI=1S/C12H19N3O/c1-8(2)13-11-7-5-6-10(15-11)12(16)14-9(3)4/h5-9H,1-4H3,(H,13,15)(H,14,16). The van der Waals surface area contributed by atoms with Gasteiger partial charge in [0, 0.05) is 12.1 Å². The number of carbonyl (C=O) groups is 1. The molecule has 1 rings (SSSR count). The number of pyridine rings is 1. The predicted molar refractivity (Wildman–Crippen MR) is 65.6 cm³/mol. The van der Waals surface area contributed by atoms with E-state index in [4.69, 9.17) is 0 Å². The molecule has 0 atom stereocenters. The molecular formula is C12H19N3O. The second-order valence-electron chi connectivity index (χ2n) is 4.34. The van der Waals surface area contributed by atoms with Crippen LogP contribution >= 0.6 is 0 Å². The van der Waals surface area contributed by atoms with Gasteiger partial charge in [-0.15, -0.1) is 0 Å². The van der Waals surface area contributed by atoms with E-state index in [1.54, 1.807) is 6.07 Å². The molecule has 1 amide bonds. The Bertz CT molecular complexity index is 361. The van der Waals surface area contributed by atoms with Crippen molar-refractivity contribution >= 4 is 11.7 Å². The smallest absolute Gasteiger partial charge is 0.270 e. The van der Waals surface area contributed by atoms with Crippen molar-refractivity contribution in [2.75, 3.05) is 5.32 Å². The lowest BCUT2D eigenvalue weighted by Crippen LogP contribution is -2.30. The molecule has 0 fully saturated rings. The normalized spacial score (nSPS) is 10.6. The molecule has 0 radical (unpaired) electrons. The number of amides is 1. The van der Waals surface area contributed by atoms with Gasteiger partial charge in [-0.2, -0.15) is 0 Å². The van der Waals surface area contributed by atoms with Gasteiger partial charge in [-0.25, -0.2) is 4.98 Å². The third kappa shape index (κ3) is 3.88. The third-order valence-corrected chi connectivity index (χ3v) is 1.84. The number of anilines is 1. The molecule has 0 saturated heterocycles. The summed E-state index contributed by atoms with van der Waals surface area (Å²) in [5.74, 6) is 0.591. The first kappa shape index (κ1) is 12.5. The Hall–Kier alpha value is -1.58. The fraction of sp³-hybridized carbons (Fsp3) is 0.500. The second kappa shape index (κ2) is 5.49. The number of rotatable bonds is 4. The third-order valence-electron chi connectivity index (χ3n) is 1.84. The molecule has 0 aliphatic rings. The van der Waals surface area contributed by atoms with Crippen molar-refractivity contribution in [3.05, 3.63) is 23.9 Å². The Morgan fingerprint density at radius 2 is 1.88 bits per heavy atom. The first-order valence-corrected chi connectivity index (χ1v) is 5.53. The van der Waals surface area contributed by atoms with Crippen molar-refractivity contribution in [3.63, 3.8) is 0 Å². The molecule has 0 saturated carbocycles. The van der Waals surface area contributed by atoms with Gasteiger partial charge in [-0.05, 0) is 39.8 Å². The van der Waals surface area contributed by atoms with Crippen molar-refractivity contribution < 1.29 is 4.79 Å². The highest BCUT2D eigenvalue weighted by molar-refractivity contribution is 5.92. The largest absolute Gasteiger partial charge is 0.368 e. The van der Waals surface area contributed by atoms with Crippen LogP contribution in [0.4, 0.5) is 5.82 Å². The summed E-state index contributed by atoms with van der Waals surface area (Å²) < 4.78 is 0. The van der Waals surface area contributed by atoms with Crippen LogP contribution in [-0.2, 0) is 0 Å². The Morgan fingerprint density at radius 1 is 1.19 bits per heavy atom. The summed E-state index contributed by atoms with van der Waals surface area (Å²) >= 11 is 0. The van der Waals surface area contributed by atoms with E-state index in [0.717, 1.165) is 5.82 Å². The molecule has 0 aromatic carbocycles. The fourth-order valence-corrected chi connectivity index (χ4v) is 1.27. The molecular weight excluding hydrogens is 202 g/mol. The van der Waals surface area contributed by atoms with Gasteiger partial charge in [0.25, 0.3) is 5.91 Å². The highest BCUT2D eigenvalue weighted by Gasteiger charge is 2.08. The minimum absolute atomic E-state index is 0.121. The predicted octanol–water partition coefficient (Wildman–Crippen LogP) is 2.04. The lowest BCUT2D eigenvalue weighted by atomic mass is 10.3. The summed E-state index contributed by atoms with van der Waals surface area (Å²) in [7, 11) is 0. The van der Waals surface area contributed by atoms with Crippen LogP contribution in [0.25, 0.3) is 0 Å². The zero-order chi connectivity index (χ0) is 12.1. The van der Waals surface area contributed by atoms with Crippen LogP contribution in [-0.4, -0.2) is 23.0 Å². The van der Waals surface area contributed by atoms with Crippen LogP contribution in [0.3, 0.4) is 0 Å². The zero-order valence-electron chi connectivity index (χ0n) is 10.2. The SMILES string of the molecule is CC(C)NC(=O)c1cccc(NC(C)C)n1. The van der Waals surface area contributed by atoms with Crippen LogP contribution in [0, 0.1) is 0 Å². The Morgan fingerprint density at radius 3 is 2.44 bits per heavy atom. The molecule has 16 heavy (non-hydrogen) atoms. The van der Waals surface area contributed by atoms with Crippen LogP contribution in [0.5, 0.6) is 0 Å². The van der Waals surface area contributed by atoms with Gasteiger partial charge in [0.2, 0.25) is 0 Å². The first-order valence-electron chi connectivity index (χ1n) is 5.53. The van der Waals surface area contributed by atoms with E-state index in [1.807, 2.05) is 39.8 Å². The summed E-state index contributed by atoms with van der Waals surface area (Å²) in [6.07, 6.45) is 0. The highest BCUT2D eigenvalue weighted by atomic mass is 16.1. The maximum absolute atomic E-state index is 11.7. The molecule has 0 bridgehead atoms. The average Bonchev–Trinajstić information content (AvgIpc) is 2.16. The van der Waals surface area contributed by atoms with Crippen molar-refractivity contribution in [1.82, 2.24) is 10.3 Å². The topological polar surface area (TPSA) is 54.0 Å². The summed E-state index contributed by atoms with van der Waals surface area (Å²) in [6, 6.07) is 5.81. The van der Waals surface area contributed by atoms with Crippen LogP contribution in [0.15, 0.2) is 18.2 Å². The van der Waals surface area contributed by atoms with Gasteiger partial charge in [0.05, 0.1) is 0 Å². The van der Waals surface area contributed by atoms with Crippen LogP contribution in [0.1, 0.15) is 38.2 Å². The summed E-state index contributed by atoms with van der Waals surface area (Å²) in [6.45, 7) is 7.91. The lowest BCUT2D eigenvalue weighted by Gasteiger charge is -2.11. The van der Waals surface area contributed by atoms with Crippen molar-refractivity contribution in [1.29, 1.82) is 0 Å². The number of carbonyl (C=O) groups excluding carboxylic acids is 1. The monoisotopic (exact) mass is 221 g/mol. The molecule has 2 N–H and O–H groups in total. The molecule has 0 spiro atoms. The van der Waals surface area contributed by atoms with Crippen LogP contribution in [0.2, 0.25) is 0 Å². The maximum Gasteiger partial charge on any atom is 0.270 e. The van der Waals surface area contributed by atoms with E-state index >= 15 is 0 Å². The van der Waals surface area contributed by atoms with Crippen molar-refractivity contribution in [3.8, 4) is 0 Å². The Kier molecular flexibility index (Phi) is 4.28. The quantitative estimate of drug-likeness (QED) is 0.818. The lowest BCUT2D eigenvalue weighted by molar-refractivity contribution is 0.0938. The van der Waals surface area contributed by atoms with Gasteiger partial charge in [0.1, 0.15) is 11.5 Å². The molecule has 1 aromatic rings. The molecule has 4 nitrogen and oxygen atoms in total. The molecule has 0 aliphatic carbocycles. The summed E-state index contributed by atoms with van der Waals surface area (Å²) in [4.78, 5) is 15.9. The van der Waals surface area contributed by atoms with Gasteiger partial charge in [0.15, 0.2) is 0 Å². The zero-order valence-corrected chi connectivity index (χ0v) is 10.2. The molecule has 0 unspecified atom stereocenters. The Labute approximate surface area is 96.5 Å². The maximum atomic E-state index is 11.7. The van der Waals surface area contributed by atoms with E-state index in [-0.39, 0.29) is 11.9 Å². The van der Waals surface area contributed by atoms with E-state index in [9.17, 15) is 4.79 Å². The van der Waals surface area contributed by atoms with E-state index in [2.05, 4.69) is 15.6 Å². The van der Waals surface area contributed by atoms with Crippen molar-refractivity contribution in [2.24, 2.45) is 0 Å². The van der Waals surface area contributed by atoms with Gasteiger partial charge < -0.3 is 10.6 Å². The van der Waals surface area contributed by atoms with E-state index < -0.39 is 0 Å². The minimum atomic E-state index is -0.137. The van der Waals surface area contributed by atoms with Crippen LogP contribution < -0.4 is 10.6 Å².